The lowest BCUT2D eigenvalue weighted by molar-refractivity contribution is -0.128. The Labute approximate surface area is 141 Å². The summed E-state index contributed by atoms with van der Waals surface area (Å²) >= 11 is 0. The second kappa shape index (κ2) is 8.66. The van der Waals surface area contributed by atoms with Crippen LogP contribution in [0.3, 0.4) is 0 Å². The standard InChI is InChI=1S/C19H23NO4/c21-19(14-22-13-17-8-4-5-11-23-17)20-12-16-9-10-18(24-16)15-6-2-1-3-7-15/h1-3,6-7,9-10,17H,4-5,8,11-14H2,(H,20,21)/t17-/m1/s1. The summed E-state index contributed by atoms with van der Waals surface area (Å²) in [6.07, 6.45) is 3.43. The largest absolute Gasteiger partial charge is 0.459 e. The number of carbonyl (C=O) groups excluding carboxylic acids is 1. The Kier molecular flexibility index (Phi) is 6.04. The second-order valence-electron chi connectivity index (χ2n) is 5.91. The molecule has 0 radical (unpaired) electrons. The van der Waals surface area contributed by atoms with Crippen LogP contribution in [-0.4, -0.2) is 31.8 Å². The fourth-order valence-electron chi connectivity index (χ4n) is 2.69. The molecule has 2 heterocycles. The molecule has 0 aliphatic carbocycles. The Morgan fingerprint density at radius 3 is 2.83 bits per heavy atom. The van der Waals surface area contributed by atoms with Crippen LogP contribution in [0.25, 0.3) is 11.3 Å². The number of furan rings is 1. The molecule has 3 rings (SSSR count). The molecule has 0 bridgehead atoms. The van der Waals surface area contributed by atoms with Gasteiger partial charge in [0.2, 0.25) is 5.91 Å². The van der Waals surface area contributed by atoms with Crippen molar-refractivity contribution in [3.05, 3.63) is 48.2 Å². The molecular weight excluding hydrogens is 306 g/mol. The fourth-order valence-corrected chi connectivity index (χ4v) is 2.69. The molecular formula is C19H23NO4. The fraction of sp³-hybridized carbons (Fsp3) is 0.421. The molecule has 1 aliphatic heterocycles. The van der Waals surface area contributed by atoms with Gasteiger partial charge < -0.3 is 19.2 Å². The predicted octanol–water partition coefficient (Wildman–Crippen LogP) is 3.15. The number of nitrogens with one attached hydrogen (secondary N) is 1. The SMILES string of the molecule is O=C(COC[C@H]1CCCCO1)NCc1ccc(-c2ccccc2)o1. The lowest BCUT2D eigenvalue weighted by Crippen LogP contribution is -2.30. The van der Waals surface area contributed by atoms with E-state index in [-0.39, 0.29) is 18.6 Å². The van der Waals surface area contributed by atoms with Gasteiger partial charge in [-0.1, -0.05) is 30.3 Å². The summed E-state index contributed by atoms with van der Waals surface area (Å²) in [7, 11) is 0. The van der Waals surface area contributed by atoms with Crippen molar-refractivity contribution in [1.29, 1.82) is 0 Å². The van der Waals surface area contributed by atoms with E-state index < -0.39 is 0 Å². The molecule has 1 aromatic carbocycles. The maximum Gasteiger partial charge on any atom is 0.246 e. The van der Waals surface area contributed by atoms with Crippen LogP contribution in [-0.2, 0) is 20.8 Å². The van der Waals surface area contributed by atoms with Crippen molar-refractivity contribution in [1.82, 2.24) is 5.32 Å². The van der Waals surface area contributed by atoms with Crippen LogP contribution in [0.4, 0.5) is 0 Å². The first-order valence-corrected chi connectivity index (χ1v) is 8.41. The summed E-state index contributed by atoms with van der Waals surface area (Å²) in [6.45, 7) is 1.68. The Bertz CT molecular complexity index is 632. The smallest absolute Gasteiger partial charge is 0.246 e. The Morgan fingerprint density at radius 2 is 2.04 bits per heavy atom. The summed E-state index contributed by atoms with van der Waals surface area (Å²) in [6, 6.07) is 13.7. The summed E-state index contributed by atoms with van der Waals surface area (Å²) in [4.78, 5) is 11.8. The van der Waals surface area contributed by atoms with Crippen LogP contribution < -0.4 is 5.32 Å². The van der Waals surface area contributed by atoms with Gasteiger partial charge in [-0.25, -0.2) is 0 Å². The minimum atomic E-state index is -0.150. The van der Waals surface area contributed by atoms with Gasteiger partial charge in [-0.05, 0) is 31.4 Å². The van der Waals surface area contributed by atoms with E-state index in [4.69, 9.17) is 13.9 Å². The molecule has 5 nitrogen and oxygen atoms in total. The lowest BCUT2D eigenvalue weighted by Gasteiger charge is -2.22. The number of benzene rings is 1. The first kappa shape index (κ1) is 16.7. The maximum atomic E-state index is 11.8. The average Bonchev–Trinajstić information content (AvgIpc) is 3.11. The van der Waals surface area contributed by atoms with Crippen molar-refractivity contribution in [2.24, 2.45) is 0 Å². The monoisotopic (exact) mass is 329 g/mol. The van der Waals surface area contributed by atoms with Gasteiger partial charge in [-0.15, -0.1) is 0 Å². The Morgan fingerprint density at radius 1 is 1.17 bits per heavy atom. The third-order valence-electron chi connectivity index (χ3n) is 3.99. The Balaban J connectivity index is 1.38. The molecule has 1 N–H and O–H groups in total. The molecule has 128 valence electrons. The quantitative estimate of drug-likeness (QED) is 0.848. The number of hydrogen-bond acceptors (Lipinski definition) is 4. The maximum absolute atomic E-state index is 11.8. The number of ether oxygens (including phenoxy) is 2. The lowest BCUT2D eigenvalue weighted by atomic mass is 10.1. The zero-order chi connectivity index (χ0) is 16.6. The number of carbonyl (C=O) groups is 1. The van der Waals surface area contributed by atoms with Gasteiger partial charge in [-0.2, -0.15) is 0 Å². The van der Waals surface area contributed by atoms with E-state index in [2.05, 4.69) is 5.32 Å². The van der Waals surface area contributed by atoms with Crippen LogP contribution in [0.1, 0.15) is 25.0 Å². The van der Waals surface area contributed by atoms with E-state index >= 15 is 0 Å². The van der Waals surface area contributed by atoms with Gasteiger partial charge in [0.25, 0.3) is 0 Å². The first-order chi connectivity index (χ1) is 11.8. The second-order valence-corrected chi connectivity index (χ2v) is 5.91. The predicted molar refractivity (Wildman–Crippen MR) is 90.4 cm³/mol. The molecule has 1 amide bonds. The molecule has 1 aliphatic rings. The van der Waals surface area contributed by atoms with Gasteiger partial charge in [0.05, 0.1) is 19.3 Å². The summed E-state index contributed by atoms with van der Waals surface area (Å²) in [5, 5.41) is 2.80. The van der Waals surface area contributed by atoms with Gasteiger partial charge in [-0.3, -0.25) is 4.79 Å². The summed E-state index contributed by atoms with van der Waals surface area (Å²) in [5.41, 5.74) is 1.02. The van der Waals surface area contributed by atoms with Crippen molar-refractivity contribution in [2.45, 2.75) is 31.9 Å². The van der Waals surface area contributed by atoms with Gasteiger partial charge >= 0.3 is 0 Å². The molecule has 1 atom stereocenters. The van der Waals surface area contributed by atoms with Crippen molar-refractivity contribution < 1.29 is 18.7 Å². The average molecular weight is 329 g/mol. The van der Waals surface area contributed by atoms with Crippen LogP contribution in [0.15, 0.2) is 46.9 Å². The Hall–Kier alpha value is -2.11. The van der Waals surface area contributed by atoms with Crippen LogP contribution in [0.5, 0.6) is 0 Å². The third-order valence-corrected chi connectivity index (χ3v) is 3.99. The molecule has 0 spiro atoms. The van der Waals surface area contributed by atoms with E-state index in [0.717, 1.165) is 36.5 Å². The van der Waals surface area contributed by atoms with Crippen molar-refractivity contribution in [3.8, 4) is 11.3 Å². The topological polar surface area (TPSA) is 60.7 Å². The normalized spacial score (nSPS) is 17.6. The number of rotatable bonds is 7. The molecule has 24 heavy (non-hydrogen) atoms. The third kappa shape index (κ3) is 4.94. The molecule has 2 aromatic rings. The first-order valence-electron chi connectivity index (χ1n) is 8.41. The van der Waals surface area contributed by atoms with Crippen LogP contribution in [0.2, 0.25) is 0 Å². The van der Waals surface area contributed by atoms with E-state index in [1.54, 1.807) is 0 Å². The molecule has 5 heteroatoms. The zero-order valence-electron chi connectivity index (χ0n) is 13.7. The molecule has 0 unspecified atom stereocenters. The van der Waals surface area contributed by atoms with Crippen molar-refractivity contribution >= 4 is 5.91 Å². The van der Waals surface area contributed by atoms with E-state index in [0.29, 0.717) is 13.2 Å². The summed E-state index contributed by atoms with van der Waals surface area (Å²) < 4.78 is 16.7. The molecule has 0 saturated carbocycles. The number of amides is 1. The molecule has 1 fully saturated rings. The van der Waals surface area contributed by atoms with E-state index in [9.17, 15) is 4.79 Å². The highest BCUT2D eigenvalue weighted by Gasteiger charge is 2.14. The van der Waals surface area contributed by atoms with Gasteiger partial charge in [0.1, 0.15) is 18.1 Å². The van der Waals surface area contributed by atoms with E-state index in [1.165, 1.54) is 6.42 Å². The van der Waals surface area contributed by atoms with Crippen molar-refractivity contribution in [2.75, 3.05) is 19.8 Å². The molecule has 1 aromatic heterocycles. The highest BCUT2D eigenvalue weighted by Crippen LogP contribution is 2.21. The zero-order valence-corrected chi connectivity index (χ0v) is 13.7. The van der Waals surface area contributed by atoms with E-state index in [1.807, 2.05) is 42.5 Å². The molecule has 1 saturated heterocycles. The number of hydrogen-bond donors (Lipinski definition) is 1. The van der Waals surface area contributed by atoms with Gasteiger partial charge in [0.15, 0.2) is 0 Å². The van der Waals surface area contributed by atoms with Crippen molar-refractivity contribution in [3.63, 3.8) is 0 Å². The van der Waals surface area contributed by atoms with Crippen LogP contribution >= 0.6 is 0 Å². The van der Waals surface area contributed by atoms with Crippen LogP contribution in [0, 0.1) is 0 Å². The minimum absolute atomic E-state index is 0.0477. The summed E-state index contributed by atoms with van der Waals surface area (Å²) in [5.74, 6) is 1.37. The highest BCUT2D eigenvalue weighted by atomic mass is 16.5. The van der Waals surface area contributed by atoms with Gasteiger partial charge in [0, 0.05) is 12.2 Å². The minimum Gasteiger partial charge on any atom is -0.459 e. The highest BCUT2D eigenvalue weighted by molar-refractivity contribution is 5.77.